The Labute approximate surface area is 178 Å². The molecular formula is C22H46O6Si. The van der Waals surface area contributed by atoms with Crippen LogP contribution in [-0.2, 0) is 9.47 Å². The van der Waals surface area contributed by atoms with Crippen molar-refractivity contribution in [2.24, 2.45) is 0 Å². The van der Waals surface area contributed by atoms with Crippen molar-refractivity contribution >= 4 is 8.07 Å². The van der Waals surface area contributed by atoms with Crippen LogP contribution in [0.4, 0.5) is 0 Å². The van der Waals surface area contributed by atoms with Crippen molar-refractivity contribution in [1.82, 2.24) is 0 Å². The van der Waals surface area contributed by atoms with Gasteiger partial charge in [-0.25, -0.2) is 0 Å². The summed E-state index contributed by atoms with van der Waals surface area (Å²) in [6, 6.07) is 2.22. The molecule has 1 fully saturated rings. The van der Waals surface area contributed by atoms with Crippen molar-refractivity contribution in [3.8, 4) is 0 Å². The maximum Gasteiger partial charge on any atom is 0.186 e. The molecule has 174 valence electrons. The zero-order valence-electron chi connectivity index (χ0n) is 18.9. The molecule has 4 N–H and O–H groups in total. The Morgan fingerprint density at radius 2 is 1.31 bits per heavy atom. The molecule has 5 atom stereocenters. The van der Waals surface area contributed by atoms with E-state index in [0.29, 0.717) is 6.61 Å². The first-order valence-corrected chi connectivity index (χ1v) is 15.2. The first-order valence-electron chi connectivity index (χ1n) is 11.7. The molecule has 0 bridgehead atoms. The van der Waals surface area contributed by atoms with E-state index in [0.717, 1.165) is 6.04 Å². The standard InChI is InChI=1S/C22H46O6Si/c1-4-5-6-7-8-9-10-11-12-13-15-29(2,3)16-14-27-22-21(26)20(25)19(24)18(17-23)28-22/h18-26H,4-17H2,1-3H3/t18-,19-,20+,21+,22-/m1/s1. The van der Waals surface area contributed by atoms with Gasteiger partial charge in [0.05, 0.1) is 6.61 Å². The van der Waals surface area contributed by atoms with Gasteiger partial charge in [0.1, 0.15) is 24.4 Å². The largest absolute Gasteiger partial charge is 0.394 e. The van der Waals surface area contributed by atoms with Crippen LogP contribution in [0.2, 0.25) is 25.2 Å². The van der Waals surface area contributed by atoms with Crippen molar-refractivity contribution in [2.45, 2.75) is 127 Å². The summed E-state index contributed by atoms with van der Waals surface area (Å²) in [5, 5.41) is 38.9. The van der Waals surface area contributed by atoms with Gasteiger partial charge >= 0.3 is 0 Å². The minimum Gasteiger partial charge on any atom is -0.394 e. The smallest absolute Gasteiger partial charge is 0.186 e. The highest BCUT2D eigenvalue weighted by Gasteiger charge is 2.44. The summed E-state index contributed by atoms with van der Waals surface area (Å²) in [6.07, 6.45) is 7.56. The lowest BCUT2D eigenvalue weighted by Crippen LogP contribution is -2.59. The summed E-state index contributed by atoms with van der Waals surface area (Å²) in [4.78, 5) is 0. The fourth-order valence-corrected chi connectivity index (χ4v) is 6.00. The highest BCUT2D eigenvalue weighted by molar-refractivity contribution is 6.77. The van der Waals surface area contributed by atoms with Crippen LogP contribution >= 0.6 is 0 Å². The molecule has 0 aromatic carbocycles. The molecule has 7 heteroatoms. The Balaban J connectivity index is 2.12. The van der Waals surface area contributed by atoms with Crippen LogP contribution in [0.25, 0.3) is 0 Å². The number of hydrogen-bond acceptors (Lipinski definition) is 6. The van der Waals surface area contributed by atoms with Gasteiger partial charge < -0.3 is 29.9 Å². The quantitative estimate of drug-likeness (QED) is 0.219. The molecule has 0 amide bonds. The molecule has 1 rings (SSSR count). The fraction of sp³-hybridized carbons (Fsp3) is 1.00. The number of ether oxygens (including phenoxy) is 2. The first-order chi connectivity index (χ1) is 13.8. The van der Waals surface area contributed by atoms with Gasteiger partial charge in [0, 0.05) is 14.7 Å². The van der Waals surface area contributed by atoms with Crippen LogP contribution in [-0.4, -0.2) is 72.4 Å². The van der Waals surface area contributed by atoms with Crippen LogP contribution in [0.15, 0.2) is 0 Å². The van der Waals surface area contributed by atoms with E-state index in [-0.39, 0.29) is 0 Å². The third-order valence-electron chi connectivity index (χ3n) is 6.12. The Bertz CT molecular complexity index is 407. The molecule has 0 aliphatic carbocycles. The SMILES string of the molecule is CCCCCCCCCCCC[Si](C)(C)CCO[C@@H]1O[C@H](CO)[C@@H](O)[C@H](O)[C@@H]1O. The highest BCUT2D eigenvalue weighted by Crippen LogP contribution is 2.24. The van der Waals surface area contributed by atoms with Crippen LogP contribution < -0.4 is 0 Å². The van der Waals surface area contributed by atoms with Gasteiger partial charge in [-0.05, 0) is 6.04 Å². The zero-order chi connectivity index (χ0) is 21.7. The predicted octanol–water partition coefficient (Wildman–Crippen LogP) is 3.43. The third-order valence-corrected chi connectivity index (χ3v) is 9.38. The van der Waals surface area contributed by atoms with E-state index in [1.54, 1.807) is 0 Å². The fourth-order valence-electron chi connectivity index (χ4n) is 3.87. The van der Waals surface area contributed by atoms with Crippen LogP contribution in [0.1, 0.15) is 71.1 Å². The van der Waals surface area contributed by atoms with Crippen molar-refractivity contribution in [2.75, 3.05) is 13.2 Å². The molecule has 29 heavy (non-hydrogen) atoms. The van der Waals surface area contributed by atoms with Gasteiger partial charge in [-0.15, -0.1) is 0 Å². The van der Waals surface area contributed by atoms with E-state index in [2.05, 4.69) is 20.0 Å². The van der Waals surface area contributed by atoms with Gasteiger partial charge in [0.15, 0.2) is 6.29 Å². The summed E-state index contributed by atoms with van der Waals surface area (Å²) >= 11 is 0. The lowest BCUT2D eigenvalue weighted by atomic mass is 9.99. The lowest BCUT2D eigenvalue weighted by Gasteiger charge is -2.39. The van der Waals surface area contributed by atoms with E-state index in [1.165, 1.54) is 70.3 Å². The van der Waals surface area contributed by atoms with Crippen molar-refractivity contribution in [1.29, 1.82) is 0 Å². The molecule has 0 aromatic rings. The van der Waals surface area contributed by atoms with E-state index >= 15 is 0 Å². The van der Waals surface area contributed by atoms with Gasteiger partial charge in [-0.2, -0.15) is 0 Å². The zero-order valence-corrected chi connectivity index (χ0v) is 19.9. The first kappa shape index (κ1) is 27.0. The predicted molar refractivity (Wildman–Crippen MR) is 119 cm³/mol. The molecule has 6 nitrogen and oxygen atoms in total. The molecule has 0 saturated carbocycles. The highest BCUT2D eigenvalue weighted by atomic mass is 28.3. The molecule has 0 radical (unpaired) electrons. The van der Waals surface area contributed by atoms with Crippen molar-refractivity contribution < 1.29 is 29.9 Å². The Morgan fingerprint density at radius 1 is 0.759 bits per heavy atom. The maximum absolute atomic E-state index is 10.0. The third kappa shape index (κ3) is 10.7. The number of aliphatic hydroxyl groups is 4. The van der Waals surface area contributed by atoms with Crippen LogP contribution in [0.3, 0.4) is 0 Å². The second-order valence-electron chi connectivity index (χ2n) is 9.41. The van der Waals surface area contributed by atoms with Gasteiger partial charge in [0.2, 0.25) is 0 Å². The van der Waals surface area contributed by atoms with E-state index in [1.807, 2.05) is 0 Å². The average molecular weight is 435 g/mol. The van der Waals surface area contributed by atoms with Crippen molar-refractivity contribution in [3.05, 3.63) is 0 Å². The van der Waals surface area contributed by atoms with Crippen LogP contribution in [0, 0.1) is 0 Å². The second kappa shape index (κ2) is 14.9. The average Bonchev–Trinajstić information content (AvgIpc) is 2.69. The van der Waals surface area contributed by atoms with Gasteiger partial charge in [-0.1, -0.05) is 90.3 Å². The summed E-state index contributed by atoms with van der Waals surface area (Å²) < 4.78 is 11.1. The second-order valence-corrected chi connectivity index (χ2v) is 14.7. The van der Waals surface area contributed by atoms with E-state index in [9.17, 15) is 20.4 Å². The molecule has 1 heterocycles. The minimum atomic E-state index is -1.38. The topological polar surface area (TPSA) is 99.4 Å². The van der Waals surface area contributed by atoms with E-state index < -0.39 is 45.4 Å². The van der Waals surface area contributed by atoms with Crippen LogP contribution in [0.5, 0.6) is 0 Å². The number of aliphatic hydroxyl groups excluding tert-OH is 4. The Morgan fingerprint density at radius 3 is 1.86 bits per heavy atom. The summed E-state index contributed by atoms with van der Waals surface area (Å²) in [6.45, 7) is 7.00. The molecule has 0 aromatic heterocycles. The molecule has 1 aliphatic rings. The molecule has 1 aliphatic heterocycles. The Hall–Kier alpha value is -0.0231. The molecule has 0 spiro atoms. The maximum atomic E-state index is 10.0. The van der Waals surface area contributed by atoms with E-state index in [4.69, 9.17) is 9.47 Å². The molecule has 0 unspecified atom stereocenters. The molecular weight excluding hydrogens is 388 g/mol. The van der Waals surface area contributed by atoms with Gasteiger partial charge in [-0.3, -0.25) is 0 Å². The normalized spacial score (nSPS) is 28.0. The number of unbranched alkanes of at least 4 members (excludes halogenated alkanes) is 9. The summed E-state index contributed by atoms with van der Waals surface area (Å²) in [5.74, 6) is 0. The Kier molecular flexibility index (Phi) is 13.9. The molecule has 1 saturated heterocycles. The summed E-state index contributed by atoms with van der Waals surface area (Å²) in [7, 11) is -1.38. The number of rotatable bonds is 16. The lowest BCUT2D eigenvalue weighted by molar-refractivity contribution is -0.300. The monoisotopic (exact) mass is 434 g/mol. The number of hydrogen-bond donors (Lipinski definition) is 4. The van der Waals surface area contributed by atoms with Crippen molar-refractivity contribution in [3.63, 3.8) is 0 Å². The van der Waals surface area contributed by atoms with Gasteiger partial charge in [0.25, 0.3) is 0 Å². The minimum absolute atomic E-state index is 0.427. The summed E-state index contributed by atoms with van der Waals surface area (Å²) in [5.41, 5.74) is 0.